The Kier molecular flexibility index (Phi) is 4.66. The van der Waals surface area contributed by atoms with Crippen LogP contribution in [0.5, 0.6) is 5.75 Å². The first kappa shape index (κ1) is 15.6. The van der Waals surface area contributed by atoms with Crippen LogP contribution in [0.1, 0.15) is 6.92 Å². The number of nitrogens with zero attached hydrogens (tertiary/aromatic N) is 3. The topological polar surface area (TPSA) is 75.9 Å². The van der Waals surface area contributed by atoms with E-state index in [1.54, 1.807) is 11.0 Å². The number of methoxy groups -OCH3 is 1. The zero-order valence-corrected chi connectivity index (χ0v) is 13.4. The van der Waals surface area contributed by atoms with Crippen molar-refractivity contribution in [2.75, 3.05) is 38.2 Å². The third kappa shape index (κ3) is 3.26. The number of ether oxygens (including phenoxy) is 1. The van der Waals surface area contributed by atoms with Crippen molar-refractivity contribution in [3.63, 3.8) is 0 Å². The molecule has 0 N–H and O–H groups in total. The molecule has 0 unspecified atom stereocenters. The molecule has 1 aromatic rings. The molecule has 1 aliphatic rings. The van der Waals surface area contributed by atoms with Crippen LogP contribution in [0.4, 0.5) is 11.4 Å². The molecule has 1 heterocycles. The SMILES string of the molecule is COc1cc(N2CCN(C(C)=O)CC2)c([N+](=O)[O-])cc1Br. The molecule has 2 rings (SSSR count). The second kappa shape index (κ2) is 6.30. The predicted octanol–water partition coefficient (Wildman–Crippen LogP) is 2.03. The lowest BCUT2D eigenvalue weighted by molar-refractivity contribution is -0.384. The first-order valence-electron chi connectivity index (χ1n) is 6.46. The molecule has 0 bridgehead atoms. The van der Waals surface area contributed by atoms with E-state index < -0.39 is 4.92 Å². The molecule has 0 aromatic heterocycles. The van der Waals surface area contributed by atoms with Crippen molar-refractivity contribution in [3.05, 3.63) is 26.7 Å². The average molecular weight is 358 g/mol. The number of nitro groups is 1. The first-order valence-corrected chi connectivity index (χ1v) is 7.25. The van der Waals surface area contributed by atoms with Crippen molar-refractivity contribution in [2.24, 2.45) is 0 Å². The number of halogens is 1. The molecule has 21 heavy (non-hydrogen) atoms. The van der Waals surface area contributed by atoms with E-state index in [4.69, 9.17) is 4.74 Å². The Morgan fingerprint density at radius 3 is 2.43 bits per heavy atom. The molecular formula is C13H16BrN3O4. The van der Waals surface area contributed by atoms with Gasteiger partial charge in [-0.25, -0.2) is 0 Å². The van der Waals surface area contributed by atoms with Gasteiger partial charge in [0.05, 0.1) is 16.5 Å². The van der Waals surface area contributed by atoms with Gasteiger partial charge in [0.1, 0.15) is 11.4 Å². The van der Waals surface area contributed by atoms with Crippen molar-refractivity contribution in [1.82, 2.24) is 4.90 Å². The molecule has 0 spiro atoms. The second-order valence-corrected chi connectivity index (χ2v) is 5.58. The highest BCUT2D eigenvalue weighted by Crippen LogP contribution is 2.38. The molecule has 1 aromatic carbocycles. The van der Waals surface area contributed by atoms with Crippen LogP contribution >= 0.6 is 15.9 Å². The number of carbonyl (C=O) groups excluding carboxylic acids is 1. The molecule has 0 aliphatic carbocycles. The summed E-state index contributed by atoms with van der Waals surface area (Å²) in [6, 6.07) is 3.11. The molecular weight excluding hydrogens is 342 g/mol. The van der Waals surface area contributed by atoms with Gasteiger partial charge in [-0.05, 0) is 15.9 Å². The predicted molar refractivity (Wildman–Crippen MR) is 81.8 cm³/mol. The van der Waals surface area contributed by atoms with Crippen LogP contribution in [0, 0.1) is 10.1 Å². The summed E-state index contributed by atoms with van der Waals surface area (Å²) in [6.07, 6.45) is 0. The molecule has 0 atom stereocenters. The molecule has 7 nitrogen and oxygen atoms in total. The number of piperazine rings is 1. The molecule has 1 aliphatic heterocycles. The van der Waals surface area contributed by atoms with Crippen molar-refractivity contribution < 1.29 is 14.5 Å². The quantitative estimate of drug-likeness (QED) is 0.611. The molecule has 114 valence electrons. The number of carbonyl (C=O) groups is 1. The molecule has 0 radical (unpaired) electrons. The lowest BCUT2D eigenvalue weighted by Crippen LogP contribution is -2.48. The summed E-state index contributed by atoms with van der Waals surface area (Å²) in [5.41, 5.74) is 0.544. The van der Waals surface area contributed by atoms with Crippen LogP contribution in [0.3, 0.4) is 0 Å². The number of rotatable bonds is 3. The van der Waals surface area contributed by atoms with Gasteiger partial charge in [0.15, 0.2) is 0 Å². The van der Waals surface area contributed by atoms with E-state index in [9.17, 15) is 14.9 Å². The van der Waals surface area contributed by atoms with Gasteiger partial charge in [-0.1, -0.05) is 0 Å². The first-order chi connectivity index (χ1) is 9.93. The molecule has 1 saturated heterocycles. The van der Waals surface area contributed by atoms with Crippen molar-refractivity contribution in [2.45, 2.75) is 6.92 Å². The second-order valence-electron chi connectivity index (χ2n) is 4.73. The van der Waals surface area contributed by atoms with Crippen molar-refractivity contribution in [1.29, 1.82) is 0 Å². The van der Waals surface area contributed by atoms with Gasteiger partial charge < -0.3 is 14.5 Å². The zero-order valence-electron chi connectivity index (χ0n) is 11.8. The average Bonchev–Trinajstić information content (AvgIpc) is 2.47. The Balaban J connectivity index is 2.30. The third-order valence-electron chi connectivity index (χ3n) is 3.51. The summed E-state index contributed by atoms with van der Waals surface area (Å²) >= 11 is 3.26. The normalized spacial score (nSPS) is 15.0. The Bertz CT molecular complexity index is 571. The minimum absolute atomic E-state index is 0.0255. The minimum Gasteiger partial charge on any atom is -0.495 e. The number of anilines is 1. The van der Waals surface area contributed by atoms with Gasteiger partial charge in [0.25, 0.3) is 5.69 Å². The largest absolute Gasteiger partial charge is 0.495 e. The lowest BCUT2D eigenvalue weighted by atomic mass is 10.2. The number of nitro benzene ring substituents is 1. The lowest BCUT2D eigenvalue weighted by Gasteiger charge is -2.35. The highest BCUT2D eigenvalue weighted by molar-refractivity contribution is 9.10. The number of hydrogen-bond donors (Lipinski definition) is 0. The number of hydrogen-bond acceptors (Lipinski definition) is 5. The summed E-state index contributed by atoms with van der Waals surface area (Å²) in [4.78, 5) is 25.8. The summed E-state index contributed by atoms with van der Waals surface area (Å²) < 4.78 is 5.75. The Morgan fingerprint density at radius 1 is 1.33 bits per heavy atom. The summed E-state index contributed by atoms with van der Waals surface area (Å²) in [5, 5.41) is 11.2. The van der Waals surface area contributed by atoms with Gasteiger partial charge in [0, 0.05) is 45.2 Å². The Hall–Kier alpha value is -1.83. The Labute approximate surface area is 130 Å². The number of amides is 1. The van der Waals surface area contributed by atoms with Crippen LogP contribution < -0.4 is 9.64 Å². The third-order valence-corrected chi connectivity index (χ3v) is 4.13. The van der Waals surface area contributed by atoms with Crippen LogP contribution in [0.25, 0.3) is 0 Å². The maximum Gasteiger partial charge on any atom is 0.293 e. The van der Waals surface area contributed by atoms with Crippen LogP contribution in [-0.4, -0.2) is 49.0 Å². The summed E-state index contributed by atoms with van der Waals surface area (Å²) in [7, 11) is 1.52. The monoisotopic (exact) mass is 357 g/mol. The smallest absolute Gasteiger partial charge is 0.293 e. The number of benzene rings is 1. The zero-order chi connectivity index (χ0) is 15.6. The van der Waals surface area contributed by atoms with Crippen molar-refractivity contribution >= 4 is 33.2 Å². The van der Waals surface area contributed by atoms with E-state index in [0.29, 0.717) is 42.1 Å². The highest BCUT2D eigenvalue weighted by Gasteiger charge is 2.26. The van der Waals surface area contributed by atoms with E-state index in [1.165, 1.54) is 20.1 Å². The van der Waals surface area contributed by atoms with Gasteiger partial charge in [-0.2, -0.15) is 0 Å². The van der Waals surface area contributed by atoms with Crippen LogP contribution in [0.2, 0.25) is 0 Å². The Morgan fingerprint density at radius 2 is 1.95 bits per heavy atom. The highest BCUT2D eigenvalue weighted by atomic mass is 79.9. The van der Waals surface area contributed by atoms with Gasteiger partial charge in [-0.15, -0.1) is 0 Å². The maximum absolute atomic E-state index is 11.3. The molecule has 0 saturated carbocycles. The fourth-order valence-electron chi connectivity index (χ4n) is 2.35. The molecule has 8 heteroatoms. The molecule has 1 amide bonds. The van der Waals surface area contributed by atoms with Gasteiger partial charge >= 0.3 is 0 Å². The van der Waals surface area contributed by atoms with Crippen molar-refractivity contribution in [3.8, 4) is 5.75 Å². The van der Waals surface area contributed by atoms with E-state index >= 15 is 0 Å². The minimum atomic E-state index is -0.406. The summed E-state index contributed by atoms with van der Waals surface area (Å²) in [5.74, 6) is 0.571. The van der Waals surface area contributed by atoms with E-state index in [2.05, 4.69) is 15.9 Å². The van der Waals surface area contributed by atoms with Crippen LogP contribution in [0.15, 0.2) is 16.6 Å². The van der Waals surface area contributed by atoms with Gasteiger partial charge in [-0.3, -0.25) is 14.9 Å². The maximum atomic E-state index is 11.3. The van der Waals surface area contributed by atoms with E-state index in [-0.39, 0.29) is 11.6 Å². The van der Waals surface area contributed by atoms with E-state index in [1.807, 2.05) is 4.90 Å². The van der Waals surface area contributed by atoms with E-state index in [0.717, 1.165) is 0 Å². The summed E-state index contributed by atoms with van der Waals surface area (Å²) in [6.45, 7) is 3.77. The fourth-order valence-corrected chi connectivity index (χ4v) is 2.84. The standard InChI is InChI=1S/C13H16BrN3O4/c1-9(18)15-3-5-16(6-4-15)11-8-13(21-2)10(14)7-12(11)17(19)20/h7-8H,3-6H2,1-2H3. The van der Waals surface area contributed by atoms with Crippen LogP contribution in [-0.2, 0) is 4.79 Å². The molecule has 1 fully saturated rings. The fraction of sp³-hybridized carbons (Fsp3) is 0.462. The van der Waals surface area contributed by atoms with Gasteiger partial charge in [0.2, 0.25) is 5.91 Å².